The normalized spacial score (nSPS) is 21.3. The van der Waals surface area contributed by atoms with Gasteiger partial charge in [0, 0.05) is 6.04 Å². The SMILES string of the molecule is Cc1ccc(CCC2CCCCCCN2)cc1F. The van der Waals surface area contributed by atoms with Crippen molar-refractivity contribution in [2.75, 3.05) is 6.54 Å². The molecular weight excluding hydrogens is 225 g/mol. The lowest BCUT2D eigenvalue weighted by Crippen LogP contribution is -2.31. The van der Waals surface area contributed by atoms with Crippen molar-refractivity contribution in [3.63, 3.8) is 0 Å². The third-order valence-corrected chi connectivity index (χ3v) is 3.93. The van der Waals surface area contributed by atoms with E-state index in [9.17, 15) is 4.39 Å². The van der Waals surface area contributed by atoms with E-state index in [1.54, 1.807) is 6.07 Å². The van der Waals surface area contributed by atoms with Crippen molar-refractivity contribution in [3.8, 4) is 0 Å². The van der Waals surface area contributed by atoms with Crippen molar-refractivity contribution in [1.82, 2.24) is 5.32 Å². The minimum atomic E-state index is -0.0712. The maximum atomic E-state index is 13.4. The topological polar surface area (TPSA) is 12.0 Å². The van der Waals surface area contributed by atoms with Gasteiger partial charge in [-0.05, 0) is 56.3 Å². The summed E-state index contributed by atoms with van der Waals surface area (Å²) in [6.07, 6.45) is 8.75. The summed E-state index contributed by atoms with van der Waals surface area (Å²) in [6.45, 7) is 2.96. The monoisotopic (exact) mass is 249 g/mol. The quantitative estimate of drug-likeness (QED) is 0.854. The van der Waals surface area contributed by atoms with Crippen LogP contribution in [-0.4, -0.2) is 12.6 Å². The molecule has 1 unspecified atom stereocenters. The smallest absolute Gasteiger partial charge is 0.126 e. The van der Waals surface area contributed by atoms with Gasteiger partial charge in [0.25, 0.3) is 0 Å². The summed E-state index contributed by atoms with van der Waals surface area (Å²) >= 11 is 0. The molecule has 0 bridgehead atoms. The fourth-order valence-corrected chi connectivity index (χ4v) is 2.66. The van der Waals surface area contributed by atoms with Crippen LogP contribution < -0.4 is 5.32 Å². The zero-order valence-electron chi connectivity index (χ0n) is 11.3. The Balaban J connectivity index is 1.83. The van der Waals surface area contributed by atoms with E-state index in [2.05, 4.69) is 11.4 Å². The number of halogens is 1. The Hall–Kier alpha value is -0.890. The third kappa shape index (κ3) is 4.09. The minimum absolute atomic E-state index is 0.0712. The predicted molar refractivity (Wildman–Crippen MR) is 74.3 cm³/mol. The van der Waals surface area contributed by atoms with E-state index in [0.717, 1.165) is 30.5 Å². The Morgan fingerprint density at radius 2 is 2.06 bits per heavy atom. The molecule has 1 nitrogen and oxygen atoms in total. The summed E-state index contributed by atoms with van der Waals surface area (Å²) in [4.78, 5) is 0. The molecule has 1 aliphatic rings. The van der Waals surface area contributed by atoms with Crippen LogP contribution >= 0.6 is 0 Å². The Bertz CT molecular complexity index is 367. The molecule has 1 aliphatic heterocycles. The zero-order valence-corrected chi connectivity index (χ0v) is 11.3. The van der Waals surface area contributed by atoms with Crippen LogP contribution in [0.2, 0.25) is 0 Å². The lowest BCUT2D eigenvalue weighted by Gasteiger charge is -2.21. The fourth-order valence-electron chi connectivity index (χ4n) is 2.66. The first-order valence-corrected chi connectivity index (χ1v) is 7.24. The van der Waals surface area contributed by atoms with E-state index in [4.69, 9.17) is 0 Å². The molecule has 0 saturated carbocycles. The summed E-state index contributed by atoms with van der Waals surface area (Å²) in [5, 5.41) is 3.62. The molecule has 0 aliphatic carbocycles. The highest BCUT2D eigenvalue weighted by Gasteiger charge is 2.10. The average molecular weight is 249 g/mol. The average Bonchev–Trinajstić information content (AvgIpc) is 2.32. The molecule has 1 aromatic carbocycles. The first-order chi connectivity index (χ1) is 8.75. The molecule has 1 fully saturated rings. The van der Waals surface area contributed by atoms with Crippen LogP contribution in [0.5, 0.6) is 0 Å². The molecule has 0 spiro atoms. The fraction of sp³-hybridized carbons (Fsp3) is 0.625. The largest absolute Gasteiger partial charge is 0.314 e. The van der Waals surface area contributed by atoms with Gasteiger partial charge in [-0.25, -0.2) is 4.39 Å². The molecule has 18 heavy (non-hydrogen) atoms. The number of hydrogen-bond acceptors (Lipinski definition) is 1. The molecule has 2 heteroatoms. The summed E-state index contributed by atoms with van der Waals surface area (Å²) < 4.78 is 13.4. The number of nitrogens with one attached hydrogen (secondary N) is 1. The highest BCUT2D eigenvalue weighted by Crippen LogP contribution is 2.16. The summed E-state index contributed by atoms with van der Waals surface area (Å²) in [5.41, 5.74) is 1.87. The van der Waals surface area contributed by atoms with Crippen LogP contribution in [0.3, 0.4) is 0 Å². The Morgan fingerprint density at radius 3 is 2.89 bits per heavy atom. The second-order valence-electron chi connectivity index (χ2n) is 5.48. The highest BCUT2D eigenvalue weighted by molar-refractivity contribution is 5.23. The van der Waals surface area contributed by atoms with Crippen LogP contribution in [0.1, 0.15) is 49.7 Å². The van der Waals surface area contributed by atoms with E-state index in [1.165, 1.54) is 32.1 Å². The van der Waals surface area contributed by atoms with Crippen molar-refractivity contribution in [2.45, 2.75) is 57.9 Å². The minimum Gasteiger partial charge on any atom is -0.314 e. The lowest BCUT2D eigenvalue weighted by atomic mass is 9.97. The highest BCUT2D eigenvalue weighted by atomic mass is 19.1. The van der Waals surface area contributed by atoms with Gasteiger partial charge in [0.1, 0.15) is 5.82 Å². The number of rotatable bonds is 3. The maximum Gasteiger partial charge on any atom is 0.126 e. The second-order valence-corrected chi connectivity index (χ2v) is 5.48. The van der Waals surface area contributed by atoms with Gasteiger partial charge in [-0.2, -0.15) is 0 Å². The van der Waals surface area contributed by atoms with Crippen molar-refractivity contribution in [3.05, 3.63) is 35.1 Å². The van der Waals surface area contributed by atoms with E-state index < -0.39 is 0 Å². The molecular formula is C16H24FN. The summed E-state index contributed by atoms with van der Waals surface area (Å²) in [5.74, 6) is -0.0712. The Kier molecular flexibility index (Phi) is 5.18. The zero-order chi connectivity index (χ0) is 12.8. The molecule has 0 amide bonds. The van der Waals surface area contributed by atoms with Crippen LogP contribution in [0.25, 0.3) is 0 Å². The van der Waals surface area contributed by atoms with Crippen molar-refractivity contribution in [1.29, 1.82) is 0 Å². The molecule has 1 saturated heterocycles. The summed E-state index contributed by atoms with van der Waals surface area (Å²) in [7, 11) is 0. The number of aryl methyl sites for hydroxylation is 2. The first-order valence-electron chi connectivity index (χ1n) is 7.24. The molecule has 0 aromatic heterocycles. The van der Waals surface area contributed by atoms with Gasteiger partial charge in [0.15, 0.2) is 0 Å². The number of benzene rings is 1. The van der Waals surface area contributed by atoms with E-state index in [-0.39, 0.29) is 5.82 Å². The molecule has 0 radical (unpaired) electrons. The van der Waals surface area contributed by atoms with Crippen molar-refractivity contribution >= 4 is 0 Å². The van der Waals surface area contributed by atoms with Crippen LogP contribution in [-0.2, 0) is 6.42 Å². The Labute approximate surface area is 110 Å². The molecule has 100 valence electrons. The van der Waals surface area contributed by atoms with Gasteiger partial charge in [0.2, 0.25) is 0 Å². The van der Waals surface area contributed by atoms with Crippen molar-refractivity contribution < 1.29 is 4.39 Å². The second kappa shape index (κ2) is 6.89. The first kappa shape index (κ1) is 13.5. The van der Waals surface area contributed by atoms with Gasteiger partial charge in [-0.3, -0.25) is 0 Å². The lowest BCUT2D eigenvalue weighted by molar-refractivity contribution is 0.399. The van der Waals surface area contributed by atoms with E-state index >= 15 is 0 Å². The van der Waals surface area contributed by atoms with Crippen LogP contribution in [0, 0.1) is 12.7 Å². The van der Waals surface area contributed by atoms with Crippen LogP contribution in [0.15, 0.2) is 18.2 Å². The maximum absolute atomic E-state index is 13.4. The van der Waals surface area contributed by atoms with Crippen molar-refractivity contribution in [2.24, 2.45) is 0 Å². The third-order valence-electron chi connectivity index (χ3n) is 3.93. The van der Waals surface area contributed by atoms with Gasteiger partial charge >= 0.3 is 0 Å². The molecule has 1 N–H and O–H groups in total. The van der Waals surface area contributed by atoms with Gasteiger partial charge in [0.05, 0.1) is 0 Å². The standard InChI is InChI=1S/C16H24FN/c1-13-7-8-14(12-16(13)17)9-10-15-6-4-2-3-5-11-18-15/h7-8,12,15,18H,2-6,9-11H2,1H3. The molecule has 1 atom stereocenters. The number of hydrogen-bond donors (Lipinski definition) is 1. The van der Waals surface area contributed by atoms with E-state index in [1.807, 2.05) is 13.0 Å². The summed E-state index contributed by atoms with van der Waals surface area (Å²) in [6, 6.07) is 6.25. The van der Waals surface area contributed by atoms with Crippen LogP contribution in [0.4, 0.5) is 4.39 Å². The van der Waals surface area contributed by atoms with Gasteiger partial charge < -0.3 is 5.32 Å². The molecule has 1 heterocycles. The Morgan fingerprint density at radius 1 is 1.22 bits per heavy atom. The van der Waals surface area contributed by atoms with Gasteiger partial charge in [-0.1, -0.05) is 31.4 Å². The molecule has 2 rings (SSSR count). The predicted octanol–water partition coefficient (Wildman–Crippen LogP) is 3.99. The van der Waals surface area contributed by atoms with E-state index in [0.29, 0.717) is 6.04 Å². The van der Waals surface area contributed by atoms with Gasteiger partial charge in [-0.15, -0.1) is 0 Å². The molecule has 1 aromatic rings.